The number of hydrogen-bond donors (Lipinski definition) is 0. The number of rotatable bonds is 3. The second-order valence-corrected chi connectivity index (χ2v) is 4.63. The van der Waals surface area contributed by atoms with Crippen LogP contribution in [0.4, 0.5) is 0 Å². The molecule has 0 N–H and O–H groups in total. The van der Waals surface area contributed by atoms with Gasteiger partial charge in [-0.3, -0.25) is 4.98 Å². The van der Waals surface area contributed by atoms with E-state index in [1.165, 1.54) is 6.08 Å². The van der Waals surface area contributed by atoms with Crippen LogP contribution in [0, 0.1) is 5.41 Å². The highest BCUT2D eigenvalue weighted by Gasteiger charge is 2.06. The Kier molecular flexibility index (Phi) is 4.23. The van der Waals surface area contributed by atoms with E-state index in [4.69, 9.17) is 4.74 Å². The maximum atomic E-state index is 11.3. The molecule has 0 aromatic carbocycles. The topological polar surface area (TPSA) is 39.2 Å². The number of nitrogens with zero attached hydrogens (tertiary/aromatic N) is 1. The summed E-state index contributed by atoms with van der Waals surface area (Å²) in [7, 11) is 0. The van der Waals surface area contributed by atoms with E-state index >= 15 is 0 Å². The highest BCUT2D eigenvalue weighted by molar-refractivity contribution is 5.81. The molecule has 0 saturated heterocycles. The van der Waals surface area contributed by atoms with E-state index in [0.717, 1.165) is 5.69 Å². The maximum absolute atomic E-state index is 11.3. The smallest absolute Gasteiger partial charge is 0.330 e. The van der Waals surface area contributed by atoms with Crippen molar-refractivity contribution in [3.8, 4) is 0 Å². The Morgan fingerprint density at radius 1 is 1.44 bits per heavy atom. The van der Waals surface area contributed by atoms with Crippen molar-refractivity contribution in [1.29, 1.82) is 0 Å². The minimum atomic E-state index is -0.333. The average Bonchev–Trinajstić information content (AvgIpc) is 2.24. The Hall–Kier alpha value is -1.64. The Balaban J connectivity index is 2.40. The molecule has 0 fully saturated rings. The van der Waals surface area contributed by atoms with Gasteiger partial charge in [-0.2, -0.15) is 0 Å². The van der Waals surface area contributed by atoms with E-state index < -0.39 is 0 Å². The molecule has 0 atom stereocenters. The van der Waals surface area contributed by atoms with Crippen LogP contribution in [0.3, 0.4) is 0 Å². The number of carbonyl (C=O) groups excluding carboxylic acids is 1. The standard InChI is InChI=1S/C13H17NO2/c1-13(2,3)8-7-12(15)16-10-11-6-4-5-9-14-11/h4-9H,10H2,1-3H3/b8-7+. The SMILES string of the molecule is CC(C)(C)/C=C/C(=O)OCc1ccccn1. The summed E-state index contributed by atoms with van der Waals surface area (Å²) in [5.74, 6) is -0.333. The molecule has 16 heavy (non-hydrogen) atoms. The van der Waals surface area contributed by atoms with E-state index in [1.54, 1.807) is 6.20 Å². The fourth-order valence-corrected chi connectivity index (χ4v) is 0.995. The molecule has 0 saturated carbocycles. The monoisotopic (exact) mass is 219 g/mol. The zero-order valence-electron chi connectivity index (χ0n) is 9.93. The third-order valence-electron chi connectivity index (χ3n) is 1.81. The molecule has 86 valence electrons. The van der Waals surface area contributed by atoms with Crippen LogP contribution in [-0.4, -0.2) is 11.0 Å². The molecule has 1 aromatic heterocycles. The van der Waals surface area contributed by atoms with Gasteiger partial charge in [-0.25, -0.2) is 4.79 Å². The lowest BCUT2D eigenvalue weighted by Gasteiger charge is -2.10. The van der Waals surface area contributed by atoms with E-state index in [0.29, 0.717) is 0 Å². The van der Waals surface area contributed by atoms with Crippen molar-refractivity contribution in [1.82, 2.24) is 4.98 Å². The lowest BCUT2D eigenvalue weighted by molar-refractivity contribution is -0.139. The summed E-state index contributed by atoms with van der Waals surface area (Å²) in [6, 6.07) is 5.51. The first kappa shape index (κ1) is 12.4. The quantitative estimate of drug-likeness (QED) is 0.579. The van der Waals surface area contributed by atoms with Crippen LogP contribution < -0.4 is 0 Å². The van der Waals surface area contributed by atoms with Crippen molar-refractivity contribution in [2.45, 2.75) is 27.4 Å². The van der Waals surface area contributed by atoms with Crippen LogP contribution in [0.1, 0.15) is 26.5 Å². The van der Waals surface area contributed by atoms with Gasteiger partial charge in [-0.05, 0) is 17.5 Å². The van der Waals surface area contributed by atoms with Gasteiger partial charge in [-0.1, -0.05) is 32.9 Å². The summed E-state index contributed by atoms with van der Waals surface area (Å²) in [6.45, 7) is 6.29. The Bertz CT molecular complexity index is 363. The molecule has 0 spiro atoms. The van der Waals surface area contributed by atoms with Gasteiger partial charge in [0.2, 0.25) is 0 Å². The van der Waals surface area contributed by atoms with E-state index in [2.05, 4.69) is 4.98 Å². The first-order valence-corrected chi connectivity index (χ1v) is 5.23. The molecule has 0 bridgehead atoms. The molecular weight excluding hydrogens is 202 g/mol. The molecule has 1 aromatic rings. The van der Waals surface area contributed by atoms with Crippen LogP contribution in [0.5, 0.6) is 0 Å². The molecule has 1 heterocycles. The summed E-state index contributed by atoms with van der Waals surface area (Å²) in [6.07, 6.45) is 4.96. The van der Waals surface area contributed by atoms with E-state index in [-0.39, 0.29) is 18.0 Å². The predicted molar refractivity (Wildman–Crippen MR) is 62.6 cm³/mol. The number of esters is 1. The molecule has 3 nitrogen and oxygen atoms in total. The number of allylic oxidation sites excluding steroid dienone is 1. The summed E-state index contributed by atoms with van der Waals surface area (Å²) in [5, 5.41) is 0. The van der Waals surface area contributed by atoms with Gasteiger partial charge < -0.3 is 4.74 Å². The first-order valence-electron chi connectivity index (χ1n) is 5.23. The van der Waals surface area contributed by atoms with Gasteiger partial charge in [0, 0.05) is 12.3 Å². The Morgan fingerprint density at radius 2 is 2.19 bits per heavy atom. The zero-order chi connectivity index (χ0) is 12.0. The fraction of sp³-hybridized carbons (Fsp3) is 0.385. The molecule has 0 aliphatic carbocycles. The van der Waals surface area contributed by atoms with Gasteiger partial charge >= 0.3 is 5.97 Å². The summed E-state index contributed by atoms with van der Waals surface area (Å²) in [4.78, 5) is 15.4. The molecule has 0 aliphatic rings. The fourth-order valence-electron chi connectivity index (χ4n) is 0.995. The van der Waals surface area contributed by atoms with Crippen molar-refractivity contribution < 1.29 is 9.53 Å². The largest absolute Gasteiger partial charge is 0.456 e. The molecule has 3 heteroatoms. The van der Waals surface area contributed by atoms with E-state index in [1.807, 2.05) is 45.0 Å². The second kappa shape index (κ2) is 5.45. The zero-order valence-corrected chi connectivity index (χ0v) is 9.93. The highest BCUT2D eigenvalue weighted by atomic mass is 16.5. The molecule has 0 aliphatic heterocycles. The maximum Gasteiger partial charge on any atom is 0.330 e. The van der Waals surface area contributed by atoms with Gasteiger partial charge in [0.05, 0.1) is 5.69 Å². The van der Waals surface area contributed by atoms with Crippen molar-refractivity contribution in [3.63, 3.8) is 0 Å². The van der Waals surface area contributed by atoms with E-state index in [9.17, 15) is 4.79 Å². The highest BCUT2D eigenvalue weighted by Crippen LogP contribution is 2.14. The summed E-state index contributed by atoms with van der Waals surface area (Å²) >= 11 is 0. The minimum Gasteiger partial charge on any atom is -0.456 e. The molecule has 0 radical (unpaired) electrons. The van der Waals surface area contributed by atoms with Crippen LogP contribution in [0.15, 0.2) is 36.5 Å². The third-order valence-corrected chi connectivity index (χ3v) is 1.81. The summed E-state index contributed by atoms with van der Waals surface area (Å²) < 4.78 is 5.04. The third kappa shape index (κ3) is 5.29. The Morgan fingerprint density at radius 3 is 2.75 bits per heavy atom. The molecule has 0 unspecified atom stereocenters. The summed E-state index contributed by atoms with van der Waals surface area (Å²) in [5.41, 5.74) is 0.740. The van der Waals surface area contributed by atoms with Gasteiger partial charge in [-0.15, -0.1) is 0 Å². The van der Waals surface area contributed by atoms with Crippen LogP contribution in [-0.2, 0) is 16.1 Å². The lowest BCUT2D eigenvalue weighted by atomic mass is 9.96. The van der Waals surface area contributed by atoms with Crippen molar-refractivity contribution in [2.75, 3.05) is 0 Å². The van der Waals surface area contributed by atoms with Gasteiger partial charge in [0.25, 0.3) is 0 Å². The number of hydrogen-bond acceptors (Lipinski definition) is 3. The molecule has 0 amide bonds. The van der Waals surface area contributed by atoms with Crippen LogP contribution >= 0.6 is 0 Å². The van der Waals surface area contributed by atoms with Crippen LogP contribution in [0.2, 0.25) is 0 Å². The van der Waals surface area contributed by atoms with Crippen molar-refractivity contribution >= 4 is 5.97 Å². The number of ether oxygens (including phenoxy) is 1. The number of carbonyl (C=O) groups is 1. The number of aromatic nitrogens is 1. The normalized spacial score (nSPS) is 11.7. The van der Waals surface area contributed by atoms with Gasteiger partial charge in [0.1, 0.15) is 6.61 Å². The predicted octanol–water partition coefficient (Wildman–Crippen LogP) is 2.73. The lowest BCUT2D eigenvalue weighted by Crippen LogP contribution is -2.05. The van der Waals surface area contributed by atoms with Crippen molar-refractivity contribution in [2.24, 2.45) is 5.41 Å². The number of pyridine rings is 1. The first-order chi connectivity index (χ1) is 7.47. The second-order valence-electron chi connectivity index (χ2n) is 4.63. The average molecular weight is 219 g/mol. The van der Waals surface area contributed by atoms with Gasteiger partial charge in [0.15, 0.2) is 0 Å². The Labute approximate surface area is 96.2 Å². The molecule has 1 rings (SSSR count). The van der Waals surface area contributed by atoms with Crippen molar-refractivity contribution in [3.05, 3.63) is 42.2 Å². The van der Waals surface area contributed by atoms with Crippen LogP contribution in [0.25, 0.3) is 0 Å². The molecular formula is C13H17NO2. The minimum absolute atomic E-state index is 0.00990.